The second kappa shape index (κ2) is 4.65. The number of rotatable bonds is 1. The van der Waals surface area contributed by atoms with Gasteiger partial charge in [0.1, 0.15) is 5.56 Å². The van der Waals surface area contributed by atoms with E-state index in [2.05, 4.69) is 0 Å². The molecule has 0 saturated heterocycles. The van der Waals surface area contributed by atoms with E-state index >= 15 is 0 Å². The van der Waals surface area contributed by atoms with Gasteiger partial charge in [0.05, 0.1) is 20.5 Å². The first kappa shape index (κ1) is 13.7. The molecule has 1 aliphatic carbocycles. The molecule has 0 aliphatic heterocycles. The average Bonchev–Trinajstić information content (AvgIpc) is 2.47. The molecule has 2 aromatic carbocycles. The number of nitrogens with zero attached hydrogens (tertiary/aromatic N) is 1. The van der Waals surface area contributed by atoms with Crippen molar-refractivity contribution in [3.63, 3.8) is 0 Å². The van der Waals surface area contributed by atoms with E-state index in [1.807, 2.05) is 0 Å². The van der Waals surface area contributed by atoms with Crippen molar-refractivity contribution in [3.05, 3.63) is 72.7 Å². The second-order valence-electron chi connectivity index (χ2n) is 4.40. The zero-order valence-corrected chi connectivity index (χ0v) is 11.7. The van der Waals surface area contributed by atoms with E-state index in [0.717, 1.165) is 6.07 Å². The fraction of sp³-hybridized carbons (Fsp3) is 0. The normalized spacial score (nSPS) is 12.9. The standard InChI is InChI=1S/C14H5Cl2NO4/c15-8-5-9(17(20)21)10-11(12(8)16)14(19)7-4-2-1-3-6(7)13(10)18/h1-5H. The molecule has 0 heterocycles. The number of nitro groups is 1. The molecular formula is C14H5Cl2NO4. The summed E-state index contributed by atoms with van der Waals surface area (Å²) >= 11 is 11.8. The van der Waals surface area contributed by atoms with E-state index in [1.165, 1.54) is 12.1 Å². The summed E-state index contributed by atoms with van der Waals surface area (Å²) in [5.74, 6) is -1.15. The Morgan fingerprint density at radius 1 is 0.952 bits per heavy atom. The molecule has 0 aromatic heterocycles. The van der Waals surface area contributed by atoms with Gasteiger partial charge in [0.2, 0.25) is 5.78 Å². The van der Waals surface area contributed by atoms with Gasteiger partial charge in [-0.1, -0.05) is 47.5 Å². The number of carbonyl (C=O) groups excluding carboxylic acids is 2. The monoisotopic (exact) mass is 321 g/mol. The molecule has 0 atom stereocenters. The molecule has 1 aliphatic rings. The molecule has 0 saturated carbocycles. The summed E-state index contributed by atoms with van der Waals surface area (Å²) < 4.78 is 0. The summed E-state index contributed by atoms with van der Waals surface area (Å²) in [5, 5.41) is 10.9. The maximum absolute atomic E-state index is 12.5. The largest absolute Gasteiger partial charge is 0.288 e. The third-order valence-electron chi connectivity index (χ3n) is 3.27. The van der Waals surface area contributed by atoms with Crippen LogP contribution in [0.25, 0.3) is 0 Å². The number of hydrogen-bond acceptors (Lipinski definition) is 4. The smallest absolute Gasteiger partial charge is 0.282 e. The summed E-state index contributed by atoms with van der Waals surface area (Å²) in [5.41, 5.74) is -0.755. The minimum Gasteiger partial charge on any atom is -0.288 e. The number of hydrogen-bond donors (Lipinski definition) is 0. The Morgan fingerprint density at radius 3 is 2.00 bits per heavy atom. The van der Waals surface area contributed by atoms with E-state index in [4.69, 9.17) is 23.2 Å². The van der Waals surface area contributed by atoms with Gasteiger partial charge in [-0.15, -0.1) is 0 Å². The number of ketones is 2. The maximum atomic E-state index is 12.5. The molecule has 0 radical (unpaired) electrons. The highest BCUT2D eigenvalue weighted by atomic mass is 35.5. The van der Waals surface area contributed by atoms with Crippen LogP contribution in [0.2, 0.25) is 10.0 Å². The zero-order chi connectivity index (χ0) is 15.3. The van der Waals surface area contributed by atoms with Crippen molar-refractivity contribution in [3.8, 4) is 0 Å². The van der Waals surface area contributed by atoms with Crippen molar-refractivity contribution in [2.45, 2.75) is 0 Å². The van der Waals surface area contributed by atoms with E-state index < -0.39 is 22.2 Å². The van der Waals surface area contributed by atoms with E-state index in [-0.39, 0.29) is 32.3 Å². The molecule has 0 spiro atoms. The molecule has 0 amide bonds. The summed E-state index contributed by atoms with van der Waals surface area (Å²) in [6.45, 7) is 0. The van der Waals surface area contributed by atoms with Crippen LogP contribution in [0.1, 0.15) is 31.8 Å². The topological polar surface area (TPSA) is 77.3 Å². The van der Waals surface area contributed by atoms with Crippen molar-refractivity contribution < 1.29 is 14.5 Å². The zero-order valence-electron chi connectivity index (χ0n) is 10.2. The van der Waals surface area contributed by atoms with Crippen LogP contribution in [-0.2, 0) is 0 Å². The summed E-state index contributed by atoms with van der Waals surface area (Å²) in [7, 11) is 0. The van der Waals surface area contributed by atoms with Gasteiger partial charge in [-0.25, -0.2) is 0 Å². The van der Waals surface area contributed by atoms with Crippen LogP contribution in [0.4, 0.5) is 5.69 Å². The Morgan fingerprint density at radius 2 is 1.48 bits per heavy atom. The third-order valence-corrected chi connectivity index (χ3v) is 4.05. The summed E-state index contributed by atoms with van der Waals surface area (Å²) in [4.78, 5) is 35.4. The maximum Gasteiger partial charge on any atom is 0.282 e. The van der Waals surface area contributed by atoms with Crippen LogP contribution < -0.4 is 0 Å². The number of fused-ring (bicyclic) bond motifs is 2. The van der Waals surface area contributed by atoms with Crippen molar-refractivity contribution >= 4 is 40.5 Å². The number of benzene rings is 2. The van der Waals surface area contributed by atoms with Crippen LogP contribution in [0.3, 0.4) is 0 Å². The lowest BCUT2D eigenvalue weighted by molar-refractivity contribution is -0.385. The first-order valence-corrected chi connectivity index (χ1v) is 6.54. The Balaban J connectivity index is 2.45. The Kier molecular flexibility index (Phi) is 3.04. The predicted molar refractivity (Wildman–Crippen MR) is 76.4 cm³/mol. The highest BCUT2D eigenvalue weighted by Crippen LogP contribution is 2.40. The third kappa shape index (κ3) is 1.86. The molecule has 0 N–H and O–H groups in total. The first-order valence-electron chi connectivity index (χ1n) is 5.78. The molecule has 3 rings (SSSR count). The number of halogens is 2. The van der Waals surface area contributed by atoms with Gasteiger partial charge in [0.25, 0.3) is 5.69 Å². The number of carbonyl (C=O) groups is 2. The van der Waals surface area contributed by atoms with Crippen LogP contribution in [0.15, 0.2) is 30.3 Å². The lowest BCUT2D eigenvalue weighted by Crippen LogP contribution is -2.22. The van der Waals surface area contributed by atoms with Gasteiger partial charge in [-0.2, -0.15) is 0 Å². The molecule has 5 nitrogen and oxygen atoms in total. The quantitative estimate of drug-likeness (QED) is 0.506. The van der Waals surface area contributed by atoms with Crippen LogP contribution in [0.5, 0.6) is 0 Å². The van der Waals surface area contributed by atoms with Gasteiger partial charge in [0, 0.05) is 17.2 Å². The second-order valence-corrected chi connectivity index (χ2v) is 5.19. The average molecular weight is 322 g/mol. The van der Waals surface area contributed by atoms with Gasteiger partial charge < -0.3 is 0 Å². The Labute approximate surface area is 128 Å². The van der Waals surface area contributed by atoms with Gasteiger partial charge in [-0.05, 0) is 0 Å². The molecule has 7 heteroatoms. The molecule has 2 aromatic rings. The van der Waals surface area contributed by atoms with E-state index in [9.17, 15) is 19.7 Å². The molecular weight excluding hydrogens is 317 g/mol. The lowest BCUT2D eigenvalue weighted by atomic mass is 9.83. The molecule has 0 bridgehead atoms. The fourth-order valence-electron chi connectivity index (χ4n) is 2.35. The van der Waals surface area contributed by atoms with Crippen molar-refractivity contribution in [2.24, 2.45) is 0 Å². The molecule has 104 valence electrons. The highest BCUT2D eigenvalue weighted by molar-refractivity contribution is 6.46. The predicted octanol–water partition coefficient (Wildman–Crippen LogP) is 3.68. The minimum atomic E-state index is -0.750. The van der Waals surface area contributed by atoms with Crippen LogP contribution >= 0.6 is 23.2 Å². The van der Waals surface area contributed by atoms with Crippen LogP contribution in [-0.4, -0.2) is 16.5 Å². The van der Waals surface area contributed by atoms with Crippen molar-refractivity contribution in [1.82, 2.24) is 0 Å². The Hall–Kier alpha value is -2.24. The SMILES string of the molecule is O=C1c2ccccc2C(=O)c2c(Cl)c(Cl)cc([N+](=O)[O-])c21. The molecule has 21 heavy (non-hydrogen) atoms. The molecule has 0 unspecified atom stereocenters. The van der Waals surface area contributed by atoms with Crippen LogP contribution in [0, 0.1) is 10.1 Å². The number of nitro benzene ring substituents is 1. The summed E-state index contributed by atoms with van der Waals surface area (Å²) in [6, 6.07) is 7.09. The van der Waals surface area contributed by atoms with Gasteiger partial charge in [-0.3, -0.25) is 19.7 Å². The van der Waals surface area contributed by atoms with Crippen molar-refractivity contribution in [2.75, 3.05) is 0 Å². The Bertz CT molecular complexity index is 845. The van der Waals surface area contributed by atoms with Gasteiger partial charge >= 0.3 is 0 Å². The van der Waals surface area contributed by atoms with Crippen molar-refractivity contribution in [1.29, 1.82) is 0 Å². The fourth-order valence-corrected chi connectivity index (χ4v) is 2.78. The highest BCUT2D eigenvalue weighted by Gasteiger charge is 2.38. The van der Waals surface area contributed by atoms with E-state index in [0.29, 0.717) is 0 Å². The minimum absolute atomic E-state index is 0.122. The summed E-state index contributed by atoms with van der Waals surface area (Å²) in [6.07, 6.45) is 0. The van der Waals surface area contributed by atoms with Gasteiger partial charge in [0.15, 0.2) is 5.78 Å². The first-order chi connectivity index (χ1) is 9.93. The molecule has 0 fully saturated rings. The lowest BCUT2D eigenvalue weighted by Gasteiger charge is -2.18. The van der Waals surface area contributed by atoms with E-state index in [1.54, 1.807) is 12.1 Å².